The number of hydrogen-bond acceptors (Lipinski definition) is 5. The molecule has 0 aliphatic rings. The van der Waals surface area contributed by atoms with E-state index in [1.807, 2.05) is 42.5 Å². The molecule has 24 heavy (non-hydrogen) atoms. The lowest BCUT2D eigenvalue weighted by Gasteiger charge is -2.08. The van der Waals surface area contributed by atoms with Gasteiger partial charge in [0.25, 0.3) is 0 Å². The molecule has 0 saturated carbocycles. The van der Waals surface area contributed by atoms with Crippen LogP contribution >= 0.6 is 0 Å². The van der Waals surface area contributed by atoms with Crippen LogP contribution in [0.3, 0.4) is 0 Å². The molecule has 2 aromatic rings. The second-order valence-corrected chi connectivity index (χ2v) is 5.16. The predicted molar refractivity (Wildman–Crippen MR) is 92.2 cm³/mol. The van der Waals surface area contributed by atoms with Gasteiger partial charge in [0.1, 0.15) is 12.4 Å². The maximum absolute atomic E-state index is 11.7. The number of benzene rings is 2. The molecule has 2 rings (SSSR count). The van der Waals surface area contributed by atoms with E-state index in [-0.39, 0.29) is 13.0 Å². The molecule has 0 amide bonds. The summed E-state index contributed by atoms with van der Waals surface area (Å²) in [5.74, 6) is -0.544. The van der Waals surface area contributed by atoms with Gasteiger partial charge in [-0.1, -0.05) is 24.8 Å². The van der Waals surface area contributed by atoms with Crippen LogP contribution < -0.4 is 10.1 Å². The minimum absolute atomic E-state index is 0.0109. The number of rotatable bonds is 7. The van der Waals surface area contributed by atoms with Gasteiger partial charge in [-0.15, -0.1) is 0 Å². The zero-order chi connectivity index (χ0) is 17.4. The number of esters is 2. The maximum Gasteiger partial charge on any atom is 0.333 e. The average Bonchev–Trinajstić information content (AvgIpc) is 2.57. The van der Waals surface area contributed by atoms with E-state index in [0.29, 0.717) is 11.3 Å². The standard InChI is InChI=1S/C19H19NO4/c1-14(2)19(22)23-13-12-18(21)24-17-10-8-16(9-11-17)20-15-6-4-3-5-7-15/h3-11,20H,1,12-13H2,2H3. The molecule has 0 heterocycles. The van der Waals surface area contributed by atoms with E-state index < -0.39 is 11.9 Å². The first-order valence-electron chi connectivity index (χ1n) is 7.50. The monoisotopic (exact) mass is 325 g/mol. The molecular weight excluding hydrogens is 306 g/mol. The highest BCUT2D eigenvalue weighted by Gasteiger charge is 2.08. The molecule has 0 spiro atoms. The lowest BCUT2D eigenvalue weighted by molar-refractivity contribution is -0.142. The molecule has 0 bridgehead atoms. The van der Waals surface area contributed by atoms with Gasteiger partial charge in [0, 0.05) is 16.9 Å². The van der Waals surface area contributed by atoms with Gasteiger partial charge in [-0.25, -0.2) is 4.79 Å². The molecule has 0 aromatic heterocycles. The molecular formula is C19H19NO4. The van der Waals surface area contributed by atoms with Gasteiger partial charge in [0.15, 0.2) is 0 Å². The summed E-state index contributed by atoms with van der Waals surface area (Å²) in [7, 11) is 0. The normalized spacial score (nSPS) is 9.88. The van der Waals surface area contributed by atoms with Crippen molar-refractivity contribution in [3.8, 4) is 5.75 Å². The predicted octanol–water partition coefficient (Wildman–Crippen LogP) is 3.85. The summed E-state index contributed by atoms with van der Waals surface area (Å²) in [6, 6.07) is 16.8. The van der Waals surface area contributed by atoms with Gasteiger partial charge >= 0.3 is 11.9 Å². The van der Waals surface area contributed by atoms with Crippen molar-refractivity contribution in [2.75, 3.05) is 11.9 Å². The Kier molecular flexibility index (Phi) is 6.14. The highest BCUT2D eigenvalue weighted by atomic mass is 16.5. The number of carbonyl (C=O) groups is 2. The minimum atomic E-state index is -0.515. The third-order valence-corrected chi connectivity index (χ3v) is 3.04. The van der Waals surface area contributed by atoms with E-state index in [4.69, 9.17) is 9.47 Å². The topological polar surface area (TPSA) is 64.6 Å². The molecule has 0 aliphatic carbocycles. The number of anilines is 2. The van der Waals surface area contributed by atoms with Crippen LogP contribution in [-0.4, -0.2) is 18.5 Å². The van der Waals surface area contributed by atoms with Crippen LogP contribution in [0.1, 0.15) is 13.3 Å². The number of hydrogen-bond donors (Lipinski definition) is 1. The Balaban J connectivity index is 1.79. The lowest BCUT2D eigenvalue weighted by atomic mass is 10.2. The molecule has 124 valence electrons. The van der Waals surface area contributed by atoms with Gasteiger partial charge in [-0.2, -0.15) is 0 Å². The van der Waals surface area contributed by atoms with Gasteiger partial charge in [-0.3, -0.25) is 4.79 Å². The fourth-order valence-electron chi connectivity index (χ4n) is 1.83. The van der Waals surface area contributed by atoms with Crippen molar-refractivity contribution >= 4 is 23.3 Å². The molecule has 0 fully saturated rings. The molecule has 5 heteroatoms. The van der Waals surface area contributed by atoms with Crippen molar-refractivity contribution < 1.29 is 19.1 Å². The molecule has 0 unspecified atom stereocenters. The third-order valence-electron chi connectivity index (χ3n) is 3.04. The van der Waals surface area contributed by atoms with Crippen molar-refractivity contribution in [3.05, 3.63) is 66.7 Å². The van der Waals surface area contributed by atoms with Crippen molar-refractivity contribution in [2.45, 2.75) is 13.3 Å². The van der Waals surface area contributed by atoms with Crippen LogP contribution in [0.5, 0.6) is 5.75 Å². The molecule has 0 saturated heterocycles. The van der Waals surface area contributed by atoms with E-state index in [1.54, 1.807) is 19.1 Å². The third kappa shape index (κ3) is 5.61. The fraction of sp³-hybridized carbons (Fsp3) is 0.158. The summed E-state index contributed by atoms with van der Waals surface area (Å²) in [4.78, 5) is 22.9. The Bertz CT molecular complexity index is 708. The summed E-state index contributed by atoms with van der Waals surface area (Å²) in [6.07, 6.45) is -0.0109. The summed E-state index contributed by atoms with van der Waals surface area (Å²) < 4.78 is 10.0. The number of para-hydroxylation sites is 1. The van der Waals surface area contributed by atoms with Crippen molar-refractivity contribution in [3.63, 3.8) is 0 Å². The summed E-state index contributed by atoms with van der Waals surface area (Å²) in [6.45, 7) is 4.98. The lowest BCUT2D eigenvalue weighted by Crippen LogP contribution is -2.14. The van der Waals surface area contributed by atoms with Crippen LogP contribution in [-0.2, 0) is 14.3 Å². The van der Waals surface area contributed by atoms with Gasteiger partial charge in [0.05, 0.1) is 6.42 Å². The first-order valence-corrected chi connectivity index (χ1v) is 7.50. The van der Waals surface area contributed by atoms with Gasteiger partial charge < -0.3 is 14.8 Å². The Hall–Kier alpha value is -3.08. The highest BCUT2D eigenvalue weighted by Crippen LogP contribution is 2.20. The van der Waals surface area contributed by atoms with Crippen LogP contribution in [0.2, 0.25) is 0 Å². The van der Waals surface area contributed by atoms with E-state index in [9.17, 15) is 9.59 Å². The van der Waals surface area contributed by atoms with Crippen molar-refractivity contribution in [2.24, 2.45) is 0 Å². The van der Waals surface area contributed by atoms with Crippen LogP contribution in [0, 0.1) is 0 Å². The summed E-state index contributed by atoms with van der Waals surface area (Å²) in [5.41, 5.74) is 2.16. The number of ether oxygens (including phenoxy) is 2. The second kappa shape index (κ2) is 8.53. The van der Waals surface area contributed by atoms with Gasteiger partial charge in [0.2, 0.25) is 0 Å². The Morgan fingerprint density at radius 1 is 1.00 bits per heavy atom. The average molecular weight is 325 g/mol. The van der Waals surface area contributed by atoms with Gasteiger partial charge in [-0.05, 0) is 43.3 Å². The quantitative estimate of drug-likeness (QED) is 0.476. The highest BCUT2D eigenvalue weighted by molar-refractivity contribution is 5.87. The summed E-state index contributed by atoms with van der Waals surface area (Å²) in [5, 5.41) is 3.24. The SMILES string of the molecule is C=C(C)C(=O)OCCC(=O)Oc1ccc(Nc2ccccc2)cc1. The molecule has 0 radical (unpaired) electrons. The van der Waals surface area contributed by atoms with E-state index in [0.717, 1.165) is 11.4 Å². The number of nitrogens with one attached hydrogen (secondary N) is 1. The minimum Gasteiger partial charge on any atom is -0.462 e. The Labute approximate surface area is 140 Å². The first-order chi connectivity index (χ1) is 11.5. The first kappa shape index (κ1) is 17.3. The molecule has 5 nitrogen and oxygen atoms in total. The number of carbonyl (C=O) groups excluding carboxylic acids is 2. The van der Waals surface area contributed by atoms with Crippen molar-refractivity contribution in [1.82, 2.24) is 0 Å². The second-order valence-electron chi connectivity index (χ2n) is 5.16. The van der Waals surface area contributed by atoms with Crippen LogP contribution in [0.25, 0.3) is 0 Å². The molecule has 0 atom stereocenters. The fourth-order valence-corrected chi connectivity index (χ4v) is 1.83. The largest absolute Gasteiger partial charge is 0.462 e. The molecule has 2 aromatic carbocycles. The summed E-state index contributed by atoms with van der Waals surface area (Å²) >= 11 is 0. The zero-order valence-electron chi connectivity index (χ0n) is 13.5. The van der Waals surface area contributed by atoms with Crippen LogP contribution in [0.15, 0.2) is 66.7 Å². The van der Waals surface area contributed by atoms with Crippen molar-refractivity contribution in [1.29, 1.82) is 0 Å². The smallest absolute Gasteiger partial charge is 0.333 e. The van der Waals surface area contributed by atoms with E-state index in [2.05, 4.69) is 11.9 Å². The molecule has 0 aliphatic heterocycles. The zero-order valence-corrected chi connectivity index (χ0v) is 13.5. The Morgan fingerprint density at radius 2 is 1.62 bits per heavy atom. The van der Waals surface area contributed by atoms with Crippen LogP contribution in [0.4, 0.5) is 11.4 Å². The van der Waals surface area contributed by atoms with E-state index >= 15 is 0 Å². The Morgan fingerprint density at radius 3 is 2.25 bits per heavy atom. The van der Waals surface area contributed by atoms with E-state index in [1.165, 1.54) is 0 Å². The molecule has 1 N–H and O–H groups in total. The maximum atomic E-state index is 11.7.